The van der Waals surface area contributed by atoms with Gasteiger partial charge in [-0.3, -0.25) is 4.57 Å². The fourth-order valence-electron chi connectivity index (χ4n) is 3.85. The number of benzene rings is 3. The second-order valence-corrected chi connectivity index (χ2v) is 9.40. The maximum atomic E-state index is 14.3. The van der Waals surface area contributed by atoms with Crippen molar-refractivity contribution in [1.82, 2.24) is 14.9 Å². The Kier molecular flexibility index (Phi) is 7.17. The van der Waals surface area contributed by atoms with Gasteiger partial charge >= 0.3 is 6.09 Å². The Hall–Kier alpha value is -3.71. The van der Waals surface area contributed by atoms with E-state index in [0.29, 0.717) is 23.5 Å². The van der Waals surface area contributed by atoms with Gasteiger partial charge < -0.3 is 14.8 Å². The van der Waals surface area contributed by atoms with Gasteiger partial charge in [-0.1, -0.05) is 48.5 Å². The summed E-state index contributed by atoms with van der Waals surface area (Å²) in [6.45, 7) is 7.64. The summed E-state index contributed by atoms with van der Waals surface area (Å²) in [5.41, 5.74) is 2.33. The number of imidazole rings is 1. The highest BCUT2D eigenvalue weighted by atomic mass is 19.1. The van der Waals surface area contributed by atoms with Crippen molar-refractivity contribution in [3.63, 3.8) is 0 Å². The minimum atomic E-state index is -0.677. The molecule has 1 N–H and O–H groups in total. The summed E-state index contributed by atoms with van der Waals surface area (Å²) in [6, 6.07) is 23.1. The molecule has 0 fully saturated rings. The molecule has 0 saturated heterocycles. The van der Waals surface area contributed by atoms with Crippen LogP contribution in [-0.2, 0) is 16.1 Å². The summed E-state index contributed by atoms with van der Waals surface area (Å²) in [5, 5.41) is 2.95. The van der Waals surface area contributed by atoms with E-state index in [1.54, 1.807) is 26.8 Å². The lowest BCUT2D eigenvalue weighted by molar-refractivity contribution is 0.0122. The van der Waals surface area contributed by atoms with Gasteiger partial charge in [-0.2, -0.15) is 0 Å². The predicted molar refractivity (Wildman–Crippen MR) is 134 cm³/mol. The molecule has 0 bridgehead atoms. The first-order valence-corrected chi connectivity index (χ1v) is 11.6. The summed E-state index contributed by atoms with van der Waals surface area (Å²) in [7, 11) is 0. The van der Waals surface area contributed by atoms with Crippen LogP contribution in [-0.4, -0.2) is 27.3 Å². The normalized spacial score (nSPS) is 13.4. The van der Waals surface area contributed by atoms with Crippen LogP contribution in [0.4, 0.5) is 9.18 Å². The molecule has 1 aromatic heterocycles. The monoisotopic (exact) mass is 475 g/mol. The zero-order valence-electron chi connectivity index (χ0n) is 20.4. The standard InChI is InChI=1S/C28H30FN3O3/c1-19(34-18-20-11-7-5-8-12-20)25(31-27(33)35-28(2,3)4)26-30-23-16-15-21(29)17-24(23)32(26)22-13-9-6-10-14-22/h5-17,19,25H,18H2,1-4H3,(H,31,33)/t19-,25+/m1/s1. The van der Waals surface area contributed by atoms with E-state index in [1.165, 1.54) is 12.1 Å². The summed E-state index contributed by atoms with van der Waals surface area (Å²) in [5.74, 6) is 0.148. The van der Waals surface area contributed by atoms with Gasteiger partial charge in [0, 0.05) is 11.8 Å². The lowest BCUT2D eigenvalue weighted by atomic mass is 10.1. The molecule has 7 heteroatoms. The number of amides is 1. The number of ether oxygens (including phenoxy) is 2. The third-order valence-corrected chi connectivity index (χ3v) is 5.43. The van der Waals surface area contributed by atoms with Crippen LogP contribution in [0.15, 0.2) is 78.9 Å². The first-order chi connectivity index (χ1) is 16.7. The third-order valence-electron chi connectivity index (χ3n) is 5.43. The zero-order chi connectivity index (χ0) is 25.0. The molecule has 0 unspecified atom stereocenters. The molecule has 1 amide bonds. The average molecular weight is 476 g/mol. The summed E-state index contributed by atoms with van der Waals surface area (Å²) in [6.07, 6.45) is -1.07. The number of carbonyl (C=O) groups excluding carboxylic acids is 1. The first kappa shape index (κ1) is 24.4. The number of nitrogens with one attached hydrogen (secondary N) is 1. The van der Waals surface area contributed by atoms with E-state index in [4.69, 9.17) is 14.5 Å². The summed E-state index contributed by atoms with van der Waals surface area (Å²) < 4.78 is 27.8. The Balaban J connectivity index is 1.77. The van der Waals surface area contributed by atoms with Crippen LogP contribution in [0.2, 0.25) is 0 Å². The first-order valence-electron chi connectivity index (χ1n) is 11.6. The smallest absolute Gasteiger partial charge is 0.408 e. The van der Waals surface area contributed by atoms with Gasteiger partial charge in [-0.25, -0.2) is 14.2 Å². The van der Waals surface area contributed by atoms with Gasteiger partial charge in [-0.15, -0.1) is 0 Å². The van der Waals surface area contributed by atoms with Crippen LogP contribution >= 0.6 is 0 Å². The molecule has 0 radical (unpaired) electrons. The minimum Gasteiger partial charge on any atom is -0.444 e. The van der Waals surface area contributed by atoms with E-state index in [2.05, 4.69) is 5.32 Å². The maximum Gasteiger partial charge on any atom is 0.408 e. The second kappa shape index (κ2) is 10.3. The van der Waals surface area contributed by atoms with Crippen molar-refractivity contribution in [2.45, 2.75) is 52.0 Å². The van der Waals surface area contributed by atoms with Crippen molar-refractivity contribution in [2.24, 2.45) is 0 Å². The second-order valence-electron chi connectivity index (χ2n) is 9.40. The molecule has 0 aliphatic rings. The highest BCUT2D eigenvalue weighted by Gasteiger charge is 2.30. The number of para-hydroxylation sites is 1. The Labute approximate surface area is 204 Å². The molecular weight excluding hydrogens is 445 g/mol. The molecule has 182 valence electrons. The van der Waals surface area contributed by atoms with E-state index in [1.807, 2.05) is 72.2 Å². The molecule has 1 heterocycles. The number of hydrogen-bond donors (Lipinski definition) is 1. The van der Waals surface area contributed by atoms with Gasteiger partial charge in [0.15, 0.2) is 0 Å². The van der Waals surface area contributed by atoms with Crippen molar-refractivity contribution in [3.05, 3.63) is 96.1 Å². The van der Waals surface area contributed by atoms with E-state index >= 15 is 0 Å². The molecule has 2 atom stereocenters. The topological polar surface area (TPSA) is 65.4 Å². The zero-order valence-corrected chi connectivity index (χ0v) is 20.4. The Morgan fingerprint density at radius 3 is 2.34 bits per heavy atom. The summed E-state index contributed by atoms with van der Waals surface area (Å²) in [4.78, 5) is 17.7. The highest BCUT2D eigenvalue weighted by Crippen LogP contribution is 2.29. The molecule has 35 heavy (non-hydrogen) atoms. The molecule has 3 aromatic carbocycles. The van der Waals surface area contributed by atoms with E-state index in [-0.39, 0.29) is 5.82 Å². The van der Waals surface area contributed by atoms with Crippen molar-refractivity contribution in [2.75, 3.05) is 0 Å². The maximum absolute atomic E-state index is 14.3. The SMILES string of the molecule is C[C@@H](OCc1ccccc1)[C@H](NC(=O)OC(C)(C)C)c1nc2ccc(F)cc2n1-c1ccccc1. The quantitative estimate of drug-likeness (QED) is 0.339. The van der Waals surface area contributed by atoms with Crippen molar-refractivity contribution >= 4 is 17.1 Å². The van der Waals surface area contributed by atoms with Crippen molar-refractivity contribution in [1.29, 1.82) is 0 Å². The predicted octanol–water partition coefficient (Wildman–Crippen LogP) is 6.34. The van der Waals surface area contributed by atoms with E-state index in [9.17, 15) is 9.18 Å². The number of halogens is 1. The Morgan fingerprint density at radius 2 is 1.69 bits per heavy atom. The molecular formula is C28H30FN3O3. The number of carbonyl (C=O) groups is 1. The molecule has 6 nitrogen and oxygen atoms in total. The largest absolute Gasteiger partial charge is 0.444 e. The van der Waals surface area contributed by atoms with Crippen LogP contribution in [0.1, 0.15) is 45.1 Å². The fraction of sp³-hybridized carbons (Fsp3) is 0.286. The highest BCUT2D eigenvalue weighted by molar-refractivity contribution is 5.79. The molecule has 4 aromatic rings. The van der Waals surface area contributed by atoms with Crippen LogP contribution in [0, 0.1) is 5.82 Å². The number of rotatable bonds is 7. The number of fused-ring (bicyclic) bond motifs is 1. The van der Waals surface area contributed by atoms with Crippen LogP contribution in [0.25, 0.3) is 16.7 Å². The van der Waals surface area contributed by atoms with Crippen LogP contribution < -0.4 is 5.32 Å². The lowest BCUT2D eigenvalue weighted by Crippen LogP contribution is -2.40. The van der Waals surface area contributed by atoms with Gasteiger partial charge in [0.25, 0.3) is 0 Å². The lowest BCUT2D eigenvalue weighted by Gasteiger charge is -2.28. The van der Waals surface area contributed by atoms with E-state index < -0.39 is 23.8 Å². The van der Waals surface area contributed by atoms with Crippen LogP contribution in [0.5, 0.6) is 0 Å². The number of alkyl carbamates (subject to hydrolysis) is 1. The van der Waals surface area contributed by atoms with Gasteiger partial charge in [-0.05, 0) is 57.5 Å². The van der Waals surface area contributed by atoms with Crippen LogP contribution in [0.3, 0.4) is 0 Å². The Bertz CT molecular complexity index is 1280. The average Bonchev–Trinajstić information content (AvgIpc) is 3.19. The molecule has 0 aliphatic carbocycles. The molecule has 0 saturated carbocycles. The number of nitrogens with zero attached hydrogens (tertiary/aromatic N) is 2. The van der Waals surface area contributed by atoms with Crippen molar-refractivity contribution < 1.29 is 18.7 Å². The fourth-order valence-corrected chi connectivity index (χ4v) is 3.85. The minimum absolute atomic E-state index is 0.356. The summed E-state index contributed by atoms with van der Waals surface area (Å²) >= 11 is 0. The third kappa shape index (κ3) is 6.05. The number of hydrogen-bond acceptors (Lipinski definition) is 4. The van der Waals surface area contributed by atoms with E-state index in [0.717, 1.165) is 11.3 Å². The molecule has 0 spiro atoms. The van der Waals surface area contributed by atoms with Gasteiger partial charge in [0.05, 0.1) is 23.7 Å². The van der Waals surface area contributed by atoms with Crippen molar-refractivity contribution in [3.8, 4) is 5.69 Å². The van der Waals surface area contributed by atoms with Gasteiger partial charge in [0.1, 0.15) is 23.3 Å². The molecule has 4 rings (SSSR count). The molecule has 0 aliphatic heterocycles. The Morgan fingerprint density at radius 1 is 1.03 bits per heavy atom. The number of aromatic nitrogens is 2. The van der Waals surface area contributed by atoms with Gasteiger partial charge in [0.2, 0.25) is 0 Å².